The molecule has 1 N–H and O–H groups in total. The summed E-state index contributed by atoms with van der Waals surface area (Å²) in [6.07, 6.45) is 1.57. The lowest BCUT2D eigenvalue weighted by Gasteiger charge is -2.16. The molecule has 104 valence electrons. The van der Waals surface area contributed by atoms with Crippen LogP contribution in [-0.2, 0) is 0 Å². The van der Waals surface area contributed by atoms with E-state index in [0.29, 0.717) is 10.6 Å². The summed E-state index contributed by atoms with van der Waals surface area (Å²) in [7, 11) is 0. The quantitative estimate of drug-likeness (QED) is 0.875. The fourth-order valence-electron chi connectivity index (χ4n) is 2.07. The Morgan fingerprint density at radius 3 is 2.35 bits per heavy atom. The molecule has 0 aliphatic heterocycles. The van der Waals surface area contributed by atoms with Gasteiger partial charge in [0.15, 0.2) is 5.78 Å². The van der Waals surface area contributed by atoms with E-state index in [1.807, 2.05) is 19.1 Å². The summed E-state index contributed by atoms with van der Waals surface area (Å²) in [5.41, 5.74) is 1.41. The number of carboxylic acids is 1. The summed E-state index contributed by atoms with van der Waals surface area (Å²) in [6, 6.07) is 8.38. The minimum Gasteiger partial charge on any atom is -0.477 e. The monoisotopic (exact) mass is 291 g/mol. The first-order chi connectivity index (χ1) is 9.40. The molecule has 0 amide bonds. The third-order valence-corrected chi connectivity index (χ3v) is 3.50. The molecule has 4 nitrogen and oxygen atoms in total. The fraction of sp³-hybridized carbons (Fsp3) is 0.200. The Bertz CT molecular complexity index is 658. The minimum atomic E-state index is -1.06. The molecule has 0 bridgehead atoms. The van der Waals surface area contributed by atoms with Gasteiger partial charge in [-0.1, -0.05) is 23.7 Å². The molecule has 2 aromatic rings. The highest BCUT2D eigenvalue weighted by atomic mass is 35.5. The smallest absolute Gasteiger partial charge is 0.352 e. The second kappa shape index (κ2) is 5.51. The summed E-state index contributed by atoms with van der Waals surface area (Å²) in [5.74, 6) is -1.21. The topological polar surface area (TPSA) is 59.3 Å². The van der Waals surface area contributed by atoms with Gasteiger partial charge < -0.3 is 9.67 Å². The number of carboxylic acid groups (broad SMARTS) is 1. The maximum absolute atomic E-state index is 11.4. The van der Waals surface area contributed by atoms with E-state index >= 15 is 0 Å². The van der Waals surface area contributed by atoms with Gasteiger partial charge in [0, 0.05) is 16.8 Å². The van der Waals surface area contributed by atoms with Gasteiger partial charge in [0.1, 0.15) is 5.69 Å². The first kappa shape index (κ1) is 14.3. The molecular formula is C15H14ClNO3. The van der Waals surface area contributed by atoms with Crippen LogP contribution in [-0.4, -0.2) is 21.4 Å². The summed E-state index contributed by atoms with van der Waals surface area (Å²) >= 11 is 5.84. The lowest BCUT2D eigenvalue weighted by molar-refractivity contribution is 0.0684. The second-order valence-corrected chi connectivity index (χ2v) is 5.05. The van der Waals surface area contributed by atoms with E-state index in [4.69, 9.17) is 11.6 Å². The zero-order chi connectivity index (χ0) is 14.9. The SMILES string of the molecule is CC(=O)c1cc(C(=O)O)n(C(C)c2ccc(Cl)cc2)c1. The van der Waals surface area contributed by atoms with Gasteiger partial charge in [-0.25, -0.2) is 4.79 Å². The van der Waals surface area contributed by atoms with Crippen LogP contribution in [0.25, 0.3) is 0 Å². The van der Waals surface area contributed by atoms with Crippen molar-refractivity contribution in [3.05, 3.63) is 58.4 Å². The highest BCUT2D eigenvalue weighted by Gasteiger charge is 2.19. The van der Waals surface area contributed by atoms with Crippen LogP contribution in [0.4, 0.5) is 0 Å². The molecule has 1 atom stereocenters. The summed E-state index contributed by atoms with van der Waals surface area (Å²) in [6.45, 7) is 3.29. The van der Waals surface area contributed by atoms with E-state index in [-0.39, 0.29) is 17.5 Å². The zero-order valence-electron chi connectivity index (χ0n) is 11.1. The zero-order valence-corrected chi connectivity index (χ0v) is 11.9. The van der Waals surface area contributed by atoms with Crippen LogP contribution in [0.1, 0.15) is 46.3 Å². The van der Waals surface area contributed by atoms with E-state index in [1.165, 1.54) is 13.0 Å². The Morgan fingerprint density at radius 1 is 1.25 bits per heavy atom. The van der Waals surface area contributed by atoms with Gasteiger partial charge in [0.25, 0.3) is 0 Å². The number of carbonyl (C=O) groups is 2. The lowest BCUT2D eigenvalue weighted by atomic mass is 10.1. The van der Waals surface area contributed by atoms with Gasteiger partial charge in [-0.2, -0.15) is 0 Å². The van der Waals surface area contributed by atoms with E-state index in [0.717, 1.165) is 5.56 Å². The van der Waals surface area contributed by atoms with Crippen molar-refractivity contribution in [2.24, 2.45) is 0 Å². The average Bonchev–Trinajstić information content (AvgIpc) is 2.84. The van der Waals surface area contributed by atoms with Crippen LogP contribution in [0.3, 0.4) is 0 Å². The van der Waals surface area contributed by atoms with Gasteiger partial charge in [0.05, 0.1) is 6.04 Å². The van der Waals surface area contributed by atoms with E-state index in [2.05, 4.69) is 0 Å². The first-order valence-electron chi connectivity index (χ1n) is 6.11. The van der Waals surface area contributed by atoms with Crippen molar-refractivity contribution >= 4 is 23.4 Å². The molecule has 1 heterocycles. The molecule has 5 heteroatoms. The van der Waals surface area contributed by atoms with Crippen molar-refractivity contribution in [1.29, 1.82) is 0 Å². The number of carbonyl (C=O) groups excluding carboxylic acids is 1. The number of rotatable bonds is 4. The number of halogens is 1. The summed E-state index contributed by atoms with van der Waals surface area (Å²) in [4.78, 5) is 22.7. The van der Waals surface area contributed by atoms with Gasteiger partial charge in [-0.15, -0.1) is 0 Å². The molecule has 1 aromatic carbocycles. The fourth-order valence-corrected chi connectivity index (χ4v) is 2.19. The van der Waals surface area contributed by atoms with Gasteiger partial charge in [-0.3, -0.25) is 4.79 Å². The van der Waals surface area contributed by atoms with Crippen LogP contribution in [0, 0.1) is 0 Å². The molecule has 0 fully saturated rings. The molecule has 0 saturated heterocycles. The molecule has 1 aromatic heterocycles. The molecule has 0 aliphatic carbocycles. The van der Waals surface area contributed by atoms with Crippen molar-refractivity contribution in [1.82, 2.24) is 4.57 Å². The number of Topliss-reactive ketones (excluding diaryl/α,β-unsaturated/α-hetero) is 1. The molecule has 1 unspecified atom stereocenters. The van der Waals surface area contributed by atoms with E-state index in [1.54, 1.807) is 22.9 Å². The predicted molar refractivity (Wildman–Crippen MR) is 76.7 cm³/mol. The van der Waals surface area contributed by atoms with Crippen LogP contribution >= 0.6 is 11.6 Å². The van der Waals surface area contributed by atoms with Crippen molar-refractivity contribution in [2.75, 3.05) is 0 Å². The Kier molecular flexibility index (Phi) is 3.95. The molecular weight excluding hydrogens is 278 g/mol. The number of hydrogen-bond donors (Lipinski definition) is 1. The molecule has 0 aliphatic rings. The third-order valence-electron chi connectivity index (χ3n) is 3.24. The molecule has 20 heavy (non-hydrogen) atoms. The highest BCUT2D eigenvalue weighted by molar-refractivity contribution is 6.30. The maximum Gasteiger partial charge on any atom is 0.352 e. The third kappa shape index (κ3) is 2.75. The highest BCUT2D eigenvalue weighted by Crippen LogP contribution is 2.24. The standard InChI is InChI=1S/C15H14ClNO3/c1-9(11-3-5-13(16)6-4-11)17-8-12(10(2)18)7-14(17)15(19)20/h3-9H,1-2H3,(H,19,20). The van der Waals surface area contributed by atoms with Gasteiger partial charge in [0.2, 0.25) is 0 Å². The number of nitrogens with zero attached hydrogens (tertiary/aromatic N) is 1. The molecule has 0 spiro atoms. The maximum atomic E-state index is 11.4. The van der Waals surface area contributed by atoms with E-state index in [9.17, 15) is 14.7 Å². The normalized spacial score (nSPS) is 12.2. The Morgan fingerprint density at radius 2 is 1.85 bits per heavy atom. The number of hydrogen-bond acceptors (Lipinski definition) is 2. The van der Waals surface area contributed by atoms with Crippen molar-refractivity contribution in [2.45, 2.75) is 19.9 Å². The number of aromatic nitrogens is 1. The molecule has 2 rings (SSSR count). The molecule has 0 radical (unpaired) electrons. The van der Waals surface area contributed by atoms with Gasteiger partial charge >= 0.3 is 5.97 Å². The van der Waals surface area contributed by atoms with Crippen molar-refractivity contribution in [3.8, 4) is 0 Å². The minimum absolute atomic E-state index is 0.0950. The summed E-state index contributed by atoms with van der Waals surface area (Å²) in [5, 5.41) is 9.87. The first-order valence-corrected chi connectivity index (χ1v) is 6.49. The van der Waals surface area contributed by atoms with Crippen LogP contribution in [0.2, 0.25) is 5.02 Å². The Balaban J connectivity index is 2.47. The second-order valence-electron chi connectivity index (χ2n) is 4.61. The lowest BCUT2D eigenvalue weighted by Crippen LogP contribution is -2.12. The van der Waals surface area contributed by atoms with Crippen LogP contribution in [0.15, 0.2) is 36.5 Å². The average molecular weight is 292 g/mol. The number of ketones is 1. The molecule has 0 saturated carbocycles. The predicted octanol–water partition coefficient (Wildman–Crippen LogP) is 3.65. The van der Waals surface area contributed by atoms with Crippen LogP contribution < -0.4 is 0 Å². The Hall–Kier alpha value is -2.07. The Labute approximate surface area is 121 Å². The number of aromatic carboxylic acids is 1. The number of benzene rings is 1. The van der Waals surface area contributed by atoms with Crippen LogP contribution in [0.5, 0.6) is 0 Å². The summed E-state index contributed by atoms with van der Waals surface area (Å²) < 4.78 is 1.59. The van der Waals surface area contributed by atoms with E-state index < -0.39 is 5.97 Å². The van der Waals surface area contributed by atoms with Crippen molar-refractivity contribution in [3.63, 3.8) is 0 Å². The largest absolute Gasteiger partial charge is 0.477 e. The van der Waals surface area contributed by atoms with Crippen molar-refractivity contribution < 1.29 is 14.7 Å². The van der Waals surface area contributed by atoms with Gasteiger partial charge in [-0.05, 0) is 37.6 Å².